The van der Waals surface area contributed by atoms with Gasteiger partial charge in [-0.1, -0.05) is 29.8 Å². The van der Waals surface area contributed by atoms with Gasteiger partial charge in [0.1, 0.15) is 22.3 Å². The van der Waals surface area contributed by atoms with Crippen molar-refractivity contribution in [3.8, 4) is 11.4 Å². The van der Waals surface area contributed by atoms with Crippen molar-refractivity contribution in [3.05, 3.63) is 70.5 Å². The van der Waals surface area contributed by atoms with Crippen LogP contribution in [0, 0.1) is 13.8 Å². The minimum absolute atomic E-state index is 0.00475. The smallest absolute Gasteiger partial charge is 0.341 e. The van der Waals surface area contributed by atoms with E-state index < -0.39 is 16.0 Å². The van der Waals surface area contributed by atoms with Gasteiger partial charge in [0.05, 0.1) is 17.3 Å². The highest BCUT2D eigenvalue weighted by Crippen LogP contribution is 2.34. The van der Waals surface area contributed by atoms with Crippen molar-refractivity contribution < 1.29 is 22.7 Å². The summed E-state index contributed by atoms with van der Waals surface area (Å²) >= 11 is 6.34. The third-order valence-electron chi connectivity index (χ3n) is 6.18. The zero-order chi connectivity index (χ0) is 26.0. The van der Waals surface area contributed by atoms with Crippen molar-refractivity contribution in [3.63, 3.8) is 0 Å². The van der Waals surface area contributed by atoms with Crippen LogP contribution in [0.15, 0.2) is 53.4 Å². The van der Waals surface area contributed by atoms with Crippen LogP contribution in [-0.2, 0) is 14.8 Å². The monoisotopic (exact) mass is 531 g/mol. The number of aromatic nitrogens is 1. The summed E-state index contributed by atoms with van der Waals surface area (Å²) in [6.07, 6.45) is 0.830. The number of hydrogen-bond donors (Lipinski definition) is 1. The molecule has 1 fully saturated rings. The van der Waals surface area contributed by atoms with Crippen LogP contribution in [0.4, 0.5) is 5.69 Å². The van der Waals surface area contributed by atoms with Crippen molar-refractivity contribution >= 4 is 33.3 Å². The molecule has 1 aromatic heterocycles. The van der Waals surface area contributed by atoms with Crippen molar-refractivity contribution in [2.45, 2.75) is 38.2 Å². The molecule has 0 spiro atoms. The van der Waals surface area contributed by atoms with E-state index in [4.69, 9.17) is 21.1 Å². The largest absolute Gasteiger partial charge is 0.487 e. The zero-order valence-electron chi connectivity index (χ0n) is 20.7. The molecule has 8 nitrogen and oxygen atoms in total. The molecule has 1 saturated heterocycles. The quantitative estimate of drug-likeness (QED) is 0.420. The Morgan fingerprint density at radius 1 is 1.14 bits per heavy atom. The van der Waals surface area contributed by atoms with Crippen LogP contribution in [-0.4, -0.2) is 56.7 Å². The van der Waals surface area contributed by atoms with Gasteiger partial charge in [-0.15, -0.1) is 0 Å². The van der Waals surface area contributed by atoms with E-state index in [-0.39, 0.29) is 28.9 Å². The van der Waals surface area contributed by atoms with Gasteiger partial charge in [-0.05, 0) is 58.5 Å². The Labute approximate surface area is 216 Å². The van der Waals surface area contributed by atoms with Crippen LogP contribution in [0.2, 0.25) is 5.02 Å². The van der Waals surface area contributed by atoms with Gasteiger partial charge in [-0.2, -0.15) is 0 Å². The minimum Gasteiger partial charge on any atom is -0.487 e. The number of rotatable bonds is 8. The maximum absolute atomic E-state index is 13.7. The molecule has 10 heteroatoms. The highest BCUT2D eigenvalue weighted by Gasteiger charge is 2.33. The summed E-state index contributed by atoms with van der Waals surface area (Å²) in [6, 6.07) is 14.0. The van der Waals surface area contributed by atoms with Gasteiger partial charge in [0, 0.05) is 36.2 Å². The van der Waals surface area contributed by atoms with Crippen LogP contribution in [0.25, 0.3) is 5.69 Å². The summed E-state index contributed by atoms with van der Waals surface area (Å²) in [7, 11) is -2.18. The normalized spacial score (nSPS) is 16.2. The number of nitrogens with one attached hydrogen (secondary N) is 1. The first-order chi connectivity index (χ1) is 17.1. The second-order valence-corrected chi connectivity index (χ2v) is 10.8. The van der Waals surface area contributed by atoms with E-state index >= 15 is 0 Å². The number of likely N-dealkylation sites (N-methyl/N-ethyl adjacent to an activating group) is 1. The lowest BCUT2D eigenvalue weighted by atomic mass is 10.2. The van der Waals surface area contributed by atoms with Crippen molar-refractivity contribution in [2.75, 3.05) is 31.5 Å². The lowest BCUT2D eigenvalue weighted by Crippen LogP contribution is -2.21. The maximum Gasteiger partial charge on any atom is 0.341 e. The molecule has 0 radical (unpaired) electrons. The van der Waals surface area contributed by atoms with Crippen molar-refractivity contribution in [2.24, 2.45) is 0 Å². The van der Waals surface area contributed by atoms with Crippen molar-refractivity contribution in [1.29, 1.82) is 0 Å². The molecule has 192 valence electrons. The molecule has 0 amide bonds. The molecule has 0 saturated carbocycles. The molecule has 0 bridgehead atoms. The summed E-state index contributed by atoms with van der Waals surface area (Å²) in [5.74, 6) is -0.295. The third-order valence-corrected chi connectivity index (χ3v) is 8.03. The Morgan fingerprint density at radius 2 is 1.86 bits per heavy atom. The number of halogens is 1. The number of likely N-dealkylation sites (tertiary alicyclic amines) is 1. The Bertz CT molecular complexity index is 1370. The summed E-state index contributed by atoms with van der Waals surface area (Å²) in [5, 5.41) is 0.391. The molecule has 4 rings (SSSR count). The summed E-state index contributed by atoms with van der Waals surface area (Å²) < 4.78 is 43.1. The average molecular weight is 532 g/mol. The number of hydrogen-bond acceptors (Lipinski definition) is 6. The number of para-hydroxylation sites is 1. The lowest BCUT2D eigenvalue weighted by molar-refractivity contribution is 0.0521. The molecular weight excluding hydrogens is 502 g/mol. The van der Waals surface area contributed by atoms with Gasteiger partial charge in [0.2, 0.25) is 0 Å². The molecule has 3 aromatic rings. The van der Waals surface area contributed by atoms with Crippen LogP contribution in [0.1, 0.15) is 35.1 Å². The fourth-order valence-electron chi connectivity index (χ4n) is 4.58. The maximum atomic E-state index is 13.7. The fraction of sp³-hybridized carbons (Fsp3) is 0.346. The summed E-state index contributed by atoms with van der Waals surface area (Å²) in [4.78, 5) is 15.0. The van der Waals surface area contributed by atoms with Gasteiger partial charge in [-0.3, -0.25) is 4.72 Å². The number of benzene rings is 2. The molecule has 0 aliphatic carbocycles. The number of anilines is 1. The Morgan fingerprint density at radius 3 is 2.50 bits per heavy atom. The zero-order valence-corrected chi connectivity index (χ0v) is 22.3. The van der Waals surface area contributed by atoms with E-state index in [0.717, 1.165) is 25.2 Å². The molecule has 1 unspecified atom stereocenters. The van der Waals surface area contributed by atoms with E-state index in [1.165, 1.54) is 0 Å². The van der Waals surface area contributed by atoms with Gasteiger partial charge in [0.15, 0.2) is 0 Å². The minimum atomic E-state index is -4.19. The van der Waals surface area contributed by atoms with Crippen LogP contribution in [0.3, 0.4) is 0 Å². The predicted octanol–water partition coefficient (Wildman–Crippen LogP) is 4.81. The highest BCUT2D eigenvalue weighted by atomic mass is 35.5. The third kappa shape index (κ3) is 5.23. The lowest BCUT2D eigenvalue weighted by Gasteiger charge is -2.16. The molecule has 1 aliphatic heterocycles. The summed E-state index contributed by atoms with van der Waals surface area (Å²) in [5.41, 5.74) is 1.89. The van der Waals surface area contributed by atoms with Gasteiger partial charge >= 0.3 is 5.97 Å². The van der Waals surface area contributed by atoms with Crippen LogP contribution < -0.4 is 9.46 Å². The number of carbonyl (C=O) groups is 1. The van der Waals surface area contributed by atoms with Crippen molar-refractivity contribution in [1.82, 2.24) is 9.47 Å². The summed E-state index contributed by atoms with van der Waals surface area (Å²) in [6.45, 7) is 6.86. The number of carbonyl (C=O) groups excluding carboxylic acids is 1. The number of esters is 1. The first kappa shape index (κ1) is 26.1. The average Bonchev–Trinajstić information content (AvgIpc) is 3.36. The SMILES string of the molecule is CCOC(=O)c1c(S(=O)(=O)Nc2ccc(Cl)c(OC3CCN(C)C3)c2)c(C)n(-c2ccccc2)c1C. The van der Waals surface area contributed by atoms with Gasteiger partial charge in [0.25, 0.3) is 10.0 Å². The first-order valence-electron chi connectivity index (χ1n) is 11.7. The molecule has 1 N–H and O–H groups in total. The van der Waals surface area contributed by atoms with Gasteiger partial charge < -0.3 is 18.9 Å². The molecule has 36 heavy (non-hydrogen) atoms. The first-order valence-corrected chi connectivity index (χ1v) is 13.6. The topological polar surface area (TPSA) is 89.9 Å². The number of ether oxygens (including phenoxy) is 2. The molecule has 1 atom stereocenters. The molecule has 1 aliphatic rings. The van der Waals surface area contributed by atoms with E-state index in [9.17, 15) is 13.2 Å². The Balaban J connectivity index is 1.74. The van der Waals surface area contributed by atoms with Gasteiger partial charge in [-0.25, -0.2) is 13.2 Å². The second-order valence-electron chi connectivity index (χ2n) is 8.81. The van der Waals surface area contributed by atoms with E-state index in [1.807, 2.05) is 37.4 Å². The van der Waals surface area contributed by atoms with Crippen LogP contribution in [0.5, 0.6) is 5.75 Å². The van der Waals surface area contributed by atoms with E-state index in [2.05, 4.69) is 9.62 Å². The fourth-order valence-corrected chi connectivity index (χ4v) is 6.26. The molecule has 2 aromatic carbocycles. The molecule has 2 heterocycles. The predicted molar refractivity (Wildman–Crippen MR) is 140 cm³/mol. The standard InChI is InChI=1S/C26H30ClN3O5S/c1-5-34-26(31)24-17(2)30(20-9-7-6-8-10-20)18(3)25(24)36(32,33)28-19-11-12-22(27)23(15-19)35-21-13-14-29(4)16-21/h6-12,15,21,28H,5,13-14,16H2,1-4H3. The second kappa shape index (κ2) is 10.5. The van der Waals surface area contributed by atoms with Crippen LogP contribution >= 0.6 is 11.6 Å². The number of sulfonamides is 1. The highest BCUT2D eigenvalue weighted by molar-refractivity contribution is 7.92. The molecular formula is C26H30ClN3O5S. The van der Waals surface area contributed by atoms with E-state index in [1.54, 1.807) is 43.5 Å². The van der Waals surface area contributed by atoms with E-state index in [0.29, 0.717) is 22.2 Å². The Hall–Kier alpha value is -3.01. The number of nitrogens with zero attached hydrogens (tertiary/aromatic N) is 2. The Kier molecular flexibility index (Phi) is 7.63.